The van der Waals surface area contributed by atoms with E-state index in [-0.39, 0.29) is 24.1 Å². The number of rotatable bonds is 4. The van der Waals surface area contributed by atoms with Crippen molar-refractivity contribution in [2.24, 2.45) is 0 Å². The lowest BCUT2D eigenvalue weighted by atomic mass is 10.2. The minimum Gasteiger partial charge on any atom is -0.376 e. The van der Waals surface area contributed by atoms with Crippen LogP contribution in [0.15, 0.2) is 12.3 Å². The molecular formula is C14H24N4O2. The van der Waals surface area contributed by atoms with E-state index in [0.29, 0.717) is 6.61 Å². The molecule has 0 unspecified atom stereocenters. The second-order valence-electron chi connectivity index (χ2n) is 5.60. The minimum absolute atomic E-state index is 0.00139. The Morgan fingerprint density at radius 1 is 1.50 bits per heavy atom. The minimum atomic E-state index is -0.170. The second-order valence-corrected chi connectivity index (χ2v) is 5.60. The van der Waals surface area contributed by atoms with Crippen LogP contribution < -0.4 is 5.32 Å². The fraction of sp³-hybridized carbons (Fsp3) is 0.714. The molecule has 6 heteroatoms. The maximum absolute atomic E-state index is 12.4. The first kappa shape index (κ1) is 15.0. The van der Waals surface area contributed by atoms with E-state index in [9.17, 15) is 4.79 Å². The van der Waals surface area contributed by atoms with E-state index < -0.39 is 0 Å². The van der Waals surface area contributed by atoms with Crippen LogP contribution in [-0.2, 0) is 9.53 Å². The SMILES string of the molecule is CC(C)n1nccc1NC(=O)[C@H](C)N1CCO[C@H](C)C1. The summed E-state index contributed by atoms with van der Waals surface area (Å²) in [6.45, 7) is 10.3. The van der Waals surface area contributed by atoms with Crippen molar-refractivity contribution in [3.63, 3.8) is 0 Å². The first-order valence-electron chi connectivity index (χ1n) is 7.19. The summed E-state index contributed by atoms with van der Waals surface area (Å²) in [6, 6.07) is 1.88. The molecule has 20 heavy (non-hydrogen) atoms. The van der Waals surface area contributed by atoms with Crippen LogP contribution in [0.2, 0.25) is 0 Å². The fourth-order valence-electron chi connectivity index (χ4n) is 2.42. The van der Waals surface area contributed by atoms with Gasteiger partial charge < -0.3 is 10.1 Å². The van der Waals surface area contributed by atoms with Gasteiger partial charge in [0.25, 0.3) is 0 Å². The Labute approximate surface area is 120 Å². The highest BCUT2D eigenvalue weighted by atomic mass is 16.5. The summed E-state index contributed by atoms with van der Waals surface area (Å²) in [5.74, 6) is 0.750. The molecule has 112 valence electrons. The van der Waals surface area contributed by atoms with E-state index in [4.69, 9.17) is 4.74 Å². The van der Waals surface area contributed by atoms with E-state index in [2.05, 4.69) is 15.3 Å². The van der Waals surface area contributed by atoms with Crippen LogP contribution in [0.3, 0.4) is 0 Å². The highest BCUT2D eigenvalue weighted by molar-refractivity contribution is 5.93. The first-order chi connectivity index (χ1) is 9.49. The van der Waals surface area contributed by atoms with E-state index in [1.165, 1.54) is 0 Å². The van der Waals surface area contributed by atoms with Crippen LogP contribution in [-0.4, -0.2) is 52.4 Å². The predicted molar refractivity (Wildman–Crippen MR) is 77.7 cm³/mol. The quantitative estimate of drug-likeness (QED) is 0.908. The zero-order chi connectivity index (χ0) is 14.7. The molecule has 2 rings (SSSR count). The summed E-state index contributed by atoms with van der Waals surface area (Å²) < 4.78 is 7.32. The average Bonchev–Trinajstić information content (AvgIpc) is 2.86. The van der Waals surface area contributed by atoms with Gasteiger partial charge >= 0.3 is 0 Å². The molecule has 1 saturated heterocycles. The number of aromatic nitrogens is 2. The normalized spacial score (nSPS) is 21.9. The molecule has 0 radical (unpaired) electrons. The van der Waals surface area contributed by atoms with Crippen molar-refractivity contribution in [3.05, 3.63) is 12.3 Å². The van der Waals surface area contributed by atoms with Crippen LogP contribution in [0, 0.1) is 0 Å². The van der Waals surface area contributed by atoms with Gasteiger partial charge in [0.2, 0.25) is 5.91 Å². The van der Waals surface area contributed by atoms with E-state index in [1.54, 1.807) is 6.20 Å². The van der Waals surface area contributed by atoms with Gasteiger partial charge in [0.05, 0.1) is 24.9 Å². The van der Waals surface area contributed by atoms with E-state index in [1.807, 2.05) is 38.4 Å². The van der Waals surface area contributed by atoms with Crippen molar-refractivity contribution < 1.29 is 9.53 Å². The van der Waals surface area contributed by atoms with Crippen LogP contribution in [0.1, 0.15) is 33.7 Å². The lowest BCUT2D eigenvalue weighted by molar-refractivity contribution is -0.123. The maximum Gasteiger partial charge on any atom is 0.242 e. The lowest BCUT2D eigenvalue weighted by Gasteiger charge is -2.34. The molecule has 0 aromatic carbocycles. The Hall–Kier alpha value is -1.40. The molecule has 1 amide bonds. The van der Waals surface area contributed by atoms with E-state index in [0.717, 1.165) is 18.9 Å². The average molecular weight is 280 g/mol. The number of nitrogens with zero attached hydrogens (tertiary/aromatic N) is 3. The molecule has 1 aromatic rings. The van der Waals surface area contributed by atoms with Crippen LogP contribution in [0.4, 0.5) is 5.82 Å². The van der Waals surface area contributed by atoms with Crippen molar-refractivity contribution in [1.29, 1.82) is 0 Å². The third kappa shape index (κ3) is 3.37. The Balaban J connectivity index is 1.98. The van der Waals surface area contributed by atoms with Gasteiger partial charge in [-0.15, -0.1) is 0 Å². The Kier molecular flexibility index (Phi) is 4.77. The van der Waals surface area contributed by atoms with Gasteiger partial charge in [0, 0.05) is 25.2 Å². The molecule has 2 heterocycles. The molecule has 0 spiro atoms. The number of ether oxygens (including phenoxy) is 1. The predicted octanol–water partition coefficient (Wildman–Crippen LogP) is 1.51. The number of morpholine rings is 1. The number of nitrogens with one attached hydrogen (secondary N) is 1. The number of hydrogen-bond donors (Lipinski definition) is 1. The van der Waals surface area contributed by atoms with Gasteiger partial charge in [-0.3, -0.25) is 9.69 Å². The molecule has 1 aliphatic rings. The smallest absolute Gasteiger partial charge is 0.242 e. The number of hydrogen-bond acceptors (Lipinski definition) is 4. The van der Waals surface area contributed by atoms with Crippen molar-refractivity contribution >= 4 is 11.7 Å². The third-order valence-corrected chi connectivity index (χ3v) is 3.61. The van der Waals surface area contributed by atoms with Crippen molar-refractivity contribution in [2.45, 2.75) is 45.9 Å². The van der Waals surface area contributed by atoms with Crippen molar-refractivity contribution in [2.75, 3.05) is 25.0 Å². The van der Waals surface area contributed by atoms with Gasteiger partial charge in [-0.25, -0.2) is 4.68 Å². The summed E-state index contributed by atoms with van der Waals surface area (Å²) >= 11 is 0. The summed E-state index contributed by atoms with van der Waals surface area (Å²) in [7, 11) is 0. The molecule has 1 fully saturated rings. The number of carbonyl (C=O) groups excluding carboxylic acids is 1. The monoisotopic (exact) mass is 280 g/mol. The molecule has 1 aliphatic heterocycles. The molecule has 0 saturated carbocycles. The first-order valence-corrected chi connectivity index (χ1v) is 7.19. The van der Waals surface area contributed by atoms with Crippen molar-refractivity contribution in [1.82, 2.24) is 14.7 Å². The molecular weight excluding hydrogens is 256 g/mol. The zero-order valence-corrected chi connectivity index (χ0v) is 12.7. The molecule has 6 nitrogen and oxygen atoms in total. The second kappa shape index (κ2) is 6.37. The highest BCUT2D eigenvalue weighted by Crippen LogP contribution is 2.15. The Morgan fingerprint density at radius 3 is 2.90 bits per heavy atom. The Morgan fingerprint density at radius 2 is 2.25 bits per heavy atom. The molecule has 1 aromatic heterocycles. The summed E-state index contributed by atoms with van der Waals surface area (Å²) in [5, 5.41) is 7.18. The van der Waals surface area contributed by atoms with Crippen LogP contribution in [0.25, 0.3) is 0 Å². The third-order valence-electron chi connectivity index (χ3n) is 3.61. The van der Waals surface area contributed by atoms with E-state index >= 15 is 0 Å². The largest absolute Gasteiger partial charge is 0.376 e. The molecule has 0 bridgehead atoms. The number of anilines is 1. The standard InChI is InChI=1S/C14H24N4O2/c1-10(2)18-13(5-6-15-18)16-14(19)12(4)17-7-8-20-11(3)9-17/h5-6,10-12H,7-9H2,1-4H3,(H,16,19)/t11-,12+/m1/s1. The van der Waals surface area contributed by atoms with Gasteiger partial charge in [-0.1, -0.05) is 0 Å². The van der Waals surface area contributed by atoms with Crippen molar-refractivity contribution in [3.8, 4) is 0 Å². The topological polar surface area (TPSA) is 59.4 Å². The molecule has 0 aliphatic carbocycles. The maximum atomic E-state index is 12.4. The van der Waals surface area contributed by atoms with Gasteiger partial charge in [0.1, 0.15) is 5.82 Å². The summed E-state index contributed by atoms with van der Waals surface area (Å²) in [5.41, 5.74) is 0. The number of carbonyl (C=O) groups is 1. The Bertz CT molecular complexity index is 458. The molecule has 1 N–H and O–H groups in total. The summed E-state index contributed by atoms with van der Waals surface area (Å²) in [6.07, 6.45) is 1.89. The fourth-order valence-corrected chi connectivity index (χ4v) is 2.42. The van der Waals surface area contributed by atoms with Crippen LogP contribution in [0.5, 0.6) is 0 Å². The van der Waals surface area contributed by atoms with Crippen LogP contribution >= 0.6 is 0 Å². The number of amides is 1. The van der Waals surface area contributed by atoms with Gasteiger partial charge in [-0.2, -0.15) is 5.10 Å². The highest BCUT2D eigenvalue weighted by Gasteiger charge is 2.26. The van der Waals surface area contributed by atoms with Gasteiger partial charge in [0.15, 0.2) is 0 Å². The van der Waals surface area contributed by atoms with Gasteiger partial charge in [-0.05, 0) is 27.7 Å². The zero-order valence-electron chi connectivity index (χ0n) is 12.7. The molecule has 2 atom stereocenters. The summed E-state index contributed by atoms with van der Waals surface area (Å²) in [4.78, 5) is 14.5. The lowest BCUT2D eigenvalue weighted by Crippen LogP contribution is -2.50.